The summed E-state index contributed by atoms with van der Waals surface area (Å²) in [6, 6.07) is 0. The van der Waals surface area contributed by atoms with Gasteiger partial charge in [0.05, 0.1) is 0 Å². The average Bonchev–Trinajstić information content (AvgIpc) is 1.79. The van der Waals surface area contributed by atoms with E-state index in [-0.39, 0.29) is 48.1 Å². The van der Waals surface area contributed by atoms with Gasteiger partial charge in [0.25, 0.3) is 0 Å². The topological polar surface area (TPSA) is 149 Å². The fraction of sp³-hybridized carbons (Fsp3) is 0. The van der Waals surface area contributed by atoms with Gasteiger partial charge < -0.3 is 11.6 Å². The molecular weight excluding hydrogens is 287 g/mol. The molecule has 86 valence electrons. The van der Waals surface area contributed by atoms with Gasteiger partial charge >= 0.3 is 51.9 Å². The Morgan fingerprint density at radius 1 is 1.00 bits per heavy atom. The maximum Gasteiger partial charge on any atom is 1.00 e. The molecule has 8 nitrogen and oxygen atoms in total. The van der Waals surface area contributed by atoms with Crippen LogP contribution in [0.2, 0.25) is 0 Å². The van der Waals surface area contributed by atoms with Crippen molar-refractivity contribution in [2.75, 3.05) is 0 Å². The first kappa shape index (κ1) is 24.3. The molecule has 11 heteroatoms. The van der Waals surface area contributed by atoms with Crippen LogP contribution in [0.25, 0.3) is 0 Å². The minimum Gasteiger partial charge on any atom is -1.00 e. The van der Waals surface area contributed by atoms with Crippen LogP contribution in [0.5, 0.6) is 0 Å². The number of aliphatic carboxylic acids is 2. The molecule has 0 radical (unpaired) electrons. The molecule has 0 rings (SSSR count). The van der Waals surface area contributed by atoms with Crippen molar-refractivity contribution in [2.45, 2.75) is 0 Å². The zero-order chi connectivity index (χ0) is 11.1. The van der Waals surface area contributed by atoms with E-state index in [9.17, 15) is 9.59 Å². The molecular formula is C4H7FeNaO8S. The number of rotatable bonds is 2. The van der Waals surface area contributed by atoms with E-state index >= 15 is 0 Å². The van der Waals surface area contributed by atoms with Crippen LogP contribution < -0.4 is 29.6 Å². The van der Waals surface area contributed by atoms with E-state index < -0.39 is 22.3 Å². The molecule has 0 aliphatic heterocycles. The minimum absolute atomic E-state index is 0. The summed E-state index contributed by atoms with van der Waals surface area (Å²) < 4.78 is 31.6. The number of carboxylic acids is 2. The molecule has 0 aromatic carbocycles. The average molecular weight is 294 g/mol. The van der Waals surface area contributed by atoms with E-state index in [4.69, 9.17) is 27.7 Å². The molecule has 4 N–H and O–H groups in total. The standard InChI is InChI=1S/C4H4O4.Fe.Na.H2O4S.H/c5-3(6)1-2-4(7)8;;;1-5(2,3)4;/h1-2H,(H,5,6)(H,7,8);;;(H2,1,2,3,4);/q;;+1;;-1/b2-1+;;;;. The van der Waals surface area contributed by atoms with Crippen molar-refractivity contribution in [1.82, 2.24) is 0 Å². The number of hydrogen-bond donors (Lipinski definition) is 4. The van der Waals surface area contributed by atoms with Crippen molar-refractivity contribution in [2.24, 2.45) is 0 Å². The van der Waals surface area contributed by atoms with Crippen LogP contribution in [0.3, 0.4) is 0 Å². The second kappa shape index (κ2) is 12.1. The minimum atomic E-state index is -4.67. The van der Waals surface area contributed by atoms with Crippen LogP contribution in [0.15, 0.2) is 12.2 Å². The quantitative estimate of drug-likeness (QED) is 0.230. The molecule has 0 spiro atoms. The van der Waals surface area contributed by atoms with Gasteiger partial charge in [-0.25, -0.2) is 9.59 Å². The summed E-state index contributed by atoms with van der Waals surface area (Å²) in [7, 11) is -4.67. The largest absolute Gasteiger partial charge is 1.00 e. The normalized spacial score (nSPS) is 8.93. The Hall–Kier alpha value is 0.0695. The van der Waals surface area contributed by atoms with Crippen molar-refractivity contribution in [3.63, 3.8) is 0 Å². The predicted octanol–water partition coefficient (Wildman–Crippen LogP) is -3.83. The van der Waals surface area contributed by atoms with Gasteiger partial charge in [0, 0.05) is 29.2 Å². The predicted molar refractivity (Wildman–Crippen MR) is 39.7 cm³/mol. The summed E-state index contributed by atoms with van der Waals surface area (Å²) in [4.78, 5) is 19.1. The van der Waals surface area contributed by atoms with Crippen LogP contribution >= 0.6 is 0 Å². The summed E-state index contributed by atoms with van der Waals surface area (Å²) >= 11 is 0. The van der Waals surface area contributed by atoms with Gasteiger partial charge in [0.2, 0.25) is 0 Å². The third-order valence-corrected chi connectivity index (χ3v) is 0.368. The monoisotopic (exact) mass is 294 g/mol. The molecule has 0 fully saturated rings. The van der Waals surface area contributed by atoms with Gasteiger partial charge in [0.1, 0.15) is 0 Å². The molecule has 0 unspecified atom stereocenters. The van der Waals surface area contributed by atoms with Gasteiger partial charge in [-0.2, -0.15) is 8.42 Å². The molecule has 0 aromatic rings. The van der Waals surface area contributed by atoms with Crippen LogP contribution in [-0.4, -0.2) is 39.7 Å². The molecule has 0 aliphatic carbocycles. The summed E-state index contributed by atoms with van der Waals surface area (Å²) in [5.41, 5.74) is 0. The van der Waals surface area contributed by atoms with E-state index in [0.29, 0.717) is 12.2 Å². The Balaban J connectivity index is -0.0000000454. The number of hydrogen-bond acceptors (Lipinski definition) is 4. The van der Waals surface area contributed by atoms with Crippen molar-refractivity contribution in [3.8, 4) is 0 Å². The molecule has 0 heterocycles. The van der Waals surface area contributed by atoms with Gasteiger partial charge in [-0.1, -0.05) is 0 Å². The molecule has 0 aliphatic rings. The first-order valence-corrected chi connectivity index (χ1v) is 3.86. The Bertz CT molecular complexity index is 290. The van der Waals surface area contributed by atoms with E-state index in [0.717, 1.165) is 0 Å². The fourth-order valence-corrected chi connectivity index (χ4v) is 0.143. The second-order valence-electron chi connectivity index (χ2n) is 1.46. The Morgan fingerprint density at radius 2 is 1.13 bits per heavy atom. The van der Waals surface area contributed by atoms with Gasteiger partial charge in [-0.05, 0) is 0 Å². The second-order valence-corrected chi connectivity index (χ2v) is 2.35. The molecule has 0 saturated carbocycles. The number of carbonyl (C=O) groups is 2. The van der Waals surface area contributed by atoms with Crippen molar-refractivity contribution in [1.29, 1.82) is 0 Å². The molecule has 0 saturated heterocycles. The summed E-state index contributed by atoms with van der Waals surface area (Å²) in [6.45, 7) is 0. The first-order chi connectivity index (χ1) is 5.63. The Kier molecular flexibility index (Phi) is 19.7. The van der Waals surface area contributed by atoms with E-state index in [1.54, 1.807) is 0 Å². The van der Waals surface area contributed by atoms with Crippen LogP contribution in [0.4, 0.5) is 0 Å². The SMILES string of the molecule is O=C(O)/C=C/C(=O)O.O=S(=O)(O)O.[Fe].[H-].[Na+]. The molecule has 0 aromatic heterocycles. The van der Waals surface area contributed by atoms with Crippen molar-refractivity contribution < 1.29 is 85.4 Å². The fourth-order valence-electron chi connectivity index (χ4n) is 0.143. The zero-order valence-electron chi connectivity index (χ0n) is 8.34. The third kappa shape index (κ3) is 79.7. The van der Waals surface area contributed by atoms with Crippen molar-refractivity contribution >= 4 is 22.3 Å². The first-order valence-electron chi connectivity index (χ1n) is 2.46. The van der Waals surface area contributed by atoms with E-state index in [1.807, 2.05) is 0 Å². The maximum atomic E-state index is 9.55. The maximum absolute atomic E-state index is 9.55. The Morgan fingerprint density at radius 3 is 1.20 bits per heavy atom. The van der Waals surface area contributed by atoms with Crippen LogP contribution in [0, 0.1) is 0 Å². The summed E-state index contributed by atoms with van der Waals surface area (Å²) in [5.74, 6) is -2.51. The van der Waals surface area contributed by atoms with Crippen molar-refractivity contribution in [3.05, 3.63) is 12.2 Å². The molecule has 15 heavy (non-hydrogen) atoms. The number of carboxylic acid groups (broad SMARTS) is 2. The van der Waals surface area contributed by atoms with Crippen LogP contribution in [0.1, 0.15) is 1.43 Å². The molecule has 0 bridgehead atoms. The molecule has 0 atom stereocenters. The summed E-state index contributed by atoms with van der Waals surface area (Å²) in [5, 5.41) is 15.6. The van der Waals surface area contributed by atoms with Gasteiger partial charge in [0.15, 0.2) is 0 Å². The smallest absolute Gasteiger partial charge is 1.00 e. The van der Waals surface area contributed by atoms with Crippen LogP contribution in [-0.2, 0) is 37.1 Å². The van der Waals surface area contributed by atoms with E-state index in [1.165, 1.54) is 0 Å². The Labute approximate surface area is 119 Å². The van der Waals surface area contributed by atoms with Gasteiger partial charge in [-0.15, -0.1) is 0 Å². The molecule has 0 amide bonds. The third-order valence-electron chi connectivity index (χ3n) is 0.368. The van der Waals surface area contributed by atoms with E-state index in [2.05, 4.69) is 0 Å². The summed E-state index contributed by atoms with van der Waals surface area (Å²) in [6.07, 6.45) is 1.12. The zero-order valence-corrected chi connectivity index (χ0v) is 11.3. The van der Waals surface area contributed by atoms with Gasteiger partial charge in [-0.3, -0.25) is 9.11 Å².